The molecule has 1 atom stereocenters. The van der Waals surface area contributed by atoms with Crippen LogP contribution in [0.5, 0.6) is 0 Å². The summed E-state index contributed by atoms with van der Waals surface area (Å²) in [7, 11) is -0.0850. The molecule has 0 saturated heterocycles. The van der Waals surface area contributed by atoms with E-state index in [1.165, 1.54) is 25.7 Å². The maximum atomic E-state index is 10.1. The molecule has 0 amide bonds. The molecule has 0 aliphatic rings. The zero-order chi connectivity index (χ0) is 8.53. The molecule has 1 nitrogen and oxygen atoms in total. The lowest BCUT2D eigenvalue weighted by atomic mass is 10.0. The highest BCUT2D eigenvalue weighted by molar-refractivity contribution is 7.23. The summed E-state index contributed by atoms with van der Waals surface area (Å²) in [5.74, 6) is 0.844. The lowest BCUT2D eigenvalue weighted by Gasteiger charge is -2.01. The van der Waals surface area contributed by atoms with E-state index in [4.69, 9.17) is 0 Å². The standard InChI is InChI=1S/C9H19OP/c1-9(2)7-5-3-4-6-8-11-10/h9H,3-8H2,1-2H3/p+1. The molecule has 0 rings (SSSR count). The van der Waals surface area contributed by atoms with Crippen LogP contribution in [0.1, 0.15) is 46.0 Å². The molecular formula is C9H20OP+. The molecule has 2 heteroatoms. The predicted molar refractivity (Wildman–Crippen MR) is 51.8 cm³/mol. The van der Waals surface area contributed by atoms with Gasteiger partial charge in [0.2, 0.25) is 0 Å². The van der Waals surface area contributed by atoms with E-state index in [9.17, 15) is 4.57 Å². The molecular weight excluding hydrogens is 155 g/mol. The third-order valence-electron chi connectivity index (χ3n) is 1.81. The van der Waals surface area contributed by atoms with Crippen LogP contribution in [0.25, 0.3) is 0 Å². The van der Waals surface area contributed by atoms with Gasteiger partial charge in [0.1, 0.15) is 6.16 Å². The van der Waals surface area contributed by atoms with Crippen molar-refractivity contribution in [2.75, 3.05) is 6.16 Å². The minimum absolute atomic E-state index is 0.0850. The van der Waals surface area contributed by atoms with Crippen molar-refractivity contribution >= 4 is 8.46 Å². The zero-order valence-electron chi connectivity index (χ0n) is 7.73. The van der Waals surface area contributed by atoms with Gasteiger partial charge < -0.3 is 0 Å². The van der Waals surface area contributed by atoms with Crippen molar-refractivity contribution in [2.45, 2.75) is 46.0 Å². The molecule has 0 aromatic carbocycles. The van der Waals surface area contributed by atoms with E-state index in [2.05, 4.69) is 13.8 Å². The Bertz CT molecular complexity index is 91.6. The fourth-order valence-corrected chi connectivity index (χ4v) is 1.50. The molecule has 0 saturated carbocycles. The molecule has 0 N–H and O–H groups in total. The van der Waals surface area contributed by atoms with Crippen molar-refractivity contribution in [2.24, 2.45) is 5.92 Å². The van der Waals surface area contributed by atoms with Gasteiger partial charge in [-0.1, -0.05) is 37.7 Å². The summed E-state index contributed by atoms with van der Waals surface area (Å²) in [5.41, 5.74) is 0. The van der Waals surface area contributed by atoms with E-state index >= 15 is 0 Å². The Morgan fingerprint density at radius 1 is 1.09 bits per heavy atom. The molecule has 0 radical (unpaired) electrons. The molecule has 0 fully saturated rings. The monoisotopic (exact) mass is 175 g/mol. The van der Waals surface area contributed by atoms with Crippen molar-refractivity contribution in [1.29, 1.82) is 0 Å². The van der Waals surface area contributed by atoms with E-state index in [1.807, 2.05) is 0 Å². The fraction of sp³-hybridized carbons (Fsp3) is 1.00. The zero-order valence-corrected chi connectivity index (χ0v) is 8.73. The molecule has 0 aromatic rings. The van der Waals surface area contributed by atoms with Gasteiger partial charge in [0, 0.05) is 0 Å². The van der Waals surface area contributed by atoms with Crippen LogP contribution in [0, 0.1) is 5.92 Å². The minimum Gasteiger partial charge on any atom is -0.0775 e. The normalized spacial score (nSPS) is 11.2. The Morgan fingerprint density at radius 3 is 2.27 bits per heavy atom. The van der Waals surface area contributed by atoms with Gasteiger partial charge in [0.25, 0.3) is 0 Å². The van der Waals surface area contributed by atoms with Gasteiger partial charge in [0.15, 0.2) is 0 Å². The van der Waals surface area contributed by atoms with E-state index in [1.54, 1.807) is 0 Å². The van der Waals surface area contributed by atoms with E-state index < -0.39 is 0 Å². The van der Waals surface area contributed by atoms with Gasteiger partial charge in [-0.25, -0.2) is 0 Å². The Hall–Kier alpha value is 0.100. The Balaban J connectivity index is 2.85. The lowest BCUT2D eigenvalue weighted by molar-refractivity contribution is 0.524. The first-order valence-electron chi connectivity index (χ1n) is 4.62. The summed E-state index contributed by atoms with van der Waals surface area (Å²) in [6.07, 6.45) is 7.34. The van der Waals surface area contributed by atoms with Crippen molar-refractivity contribution in [3.8, 4) is 0 Å². The number of hydrogen-bond donors (Lipinski definition) is 0. The predicted octanol–water partition coefficient (Wildman–Crippen LogP) is 3.62. The van der Waals surface area contributed by atoms with E-state index in [0.29, 0.717) is 0 Å². The van der Waals surface area contributed by atoms with Crippen LogP contribution >= 0.6 is 8.46 Å². The quantitative estimate of drug-likeness (QED) is 0.426. The van der Waals surface area contributed by atoms with Crippen LogP contribution in [-0.4, -0.2) is 6.16 Å². The topological polar surface area (TPSA) is 17.1 Å². The lowest BCUT2D eigenvalue weighted by Crippen LogP contribution is -1.87. The SMILES string of the molecule is CC(C)CCCCCC[PH+]=O. The molecule has 1 unspecified atom stereocenters. The number of hydrogen-bond acceptors (Lipinski definition) is 1. The maximum absolute atomic E-state index is 10.1. The molecule has 0 bridgehead atoms. The number of unbranched alkanes of at least 4 members (excludes halogenated alkanes) is 3. The van der Waals surface area contributed by atoms with Crippen LogP contribution in [0.3, 0.4) is 0 Å². The second-order valence-electron chi connectivity index (χ2n) is 3.49. The maximum Gasteiger partial charge on any atom is 0.324 e. The summed E-state index contributed by atoms with van der Waals surface area (Å²) < 4.78 is 10.1. The summed E-state index contributed by atoms with van der Waals surface area (Å²) in [6.45, 7) is 4.53. The third-order valence-corrected chi connectivity index (χ3v) is 2.37. The third kappa shape index (κ3) is 10.1. The average molecular weight is 175 g/mol. The highest BCUT2D eigenvalue weighted by Crippen LogP contribution is 2.10. The van der Waals surface area contributed by atoms with Crippen LogP contribution in [0.2, 0.25) is 0 Å². The molecule has 0 aliphatic heterocycles. The Morgan fingerprint density at radius 2 is 1.73 bits per heavy atom. The highest BCUT2D eigenvalue weighted by Gasteiger charge is 1.95. The molecule has 0 heterocycles. The summed E-state index contributed by atoms with van der Waals surface area (Å²) in [5, 5.41) is 0. The van der Waals surface area contributed by atoms with Gasteiger partial charge in [-0.15, -0.1) is 0 Å². The summed E-state index contributed by atoms with van der Waals surface area (Å²) >= 11 is 0. The molecule has 0 aromatic heterocycles. The Labute approximate surface area is 71.8 Å². The van der Waals surface area contributed by atoms with Gasteiger partial charge in [-0.05, 0) is 18.8 Å². The summed E-state index contributed by atoms with van der Waals surface area (Å²) in [6, 6.07) is 0. The highest BCUT2D eigenvalue weighted by atomic mass is 31.1. The minimum atomic E-state index is -0.0850. The first-order valence-corrected chi connectivity index (χ1v) is 5.74. The van der Waals surface area contributed by atoms with Crippen LogP contribution < -0.4 is 0 Å². The van der Waals surface area contributed by atoms with E-state index in [-0.39, 0.29) is 8.46 Å². The molecule has 0 aliphatic carbocycles. The average Bonchev–Trinajstić information content (AvgIpc) is 1.96. The van der Waals surface area contributed by atoms with Crippen molar-refractivity contribution in [3.05, 3.63) is 0 Å². The fourth-order valence-electron chi connectivity index (χ4n) is 1.10. The molecule has 66 valence electrons. The van der Waals surface area contributed by atoms with Crippen molar-refractivity contribution in [1.82, 2.24) is 0 Å². The first kappa shape index (κ1) is 11.1. The molecule has 11 heavy (non-hydrogen) atoms. The summed E-state index contributed by atoms with van der Waals surface area (Å²) in [4.78, 5) is 0. The molecule has 0 spiro atoms. The second kappa shape index (κ2) is 8.20. The first-order chi connectivity index (χ1) is 5.27. The largest absolute Gasteiger partial charge is 0.324 e. The smallest absolute Gasteiger partial charge is 0.0775 e. The van der Waals surface area contributed by atoms with Gasteiger partial charge in [-0.2, -0.15) is 0 Å². The van der Waals surface area contributed by atoms with Crippen LogP contribution in [-0.2, 0) is 4.57 Å². The number of rotatable bonds is 7. The van der Waals surface area contributed by atoms with Crippen LogP contribution in [0.4, 0.5) is 0 Å². The van der Waals surface area contributed by atoms with Crippen molar-refractivity contribution in [3.63, 3.8) is 0 Å². The second-order valence-corrected chi connectivity index (χ2v) is 4.28. The van der Waals surface area contributed by atoms with E-state index in [0.717, 1.165) is 18.5 Å². The van der Waals surface area contributed by atoms with Crippen LogP contribution in [0.15, 0.2) is 0 Å². The Kier molecular flexibility index (Phi) is 8.27. The van der Waals surface area contributed by atoms with Gasteiger partial charge in [-0.3, -0.25) is 0 Å². The van der Waals surface area contributed by atoms with Gasteiger partial charge in [0.05, 0.1) is 0 Å². The van der Waals surface area contributed by atoms with Gasteiger partial charge >= 0.3 is 8.46 Å². The van der Waals surface area contributed by atoms with Crippen molar-refractivity contribution < 1.29 is 4.57 Å².